The fourth-order valence-electron chi connectivity index (χ4n) is 2.15. The second-order valence-electron chi connectivity index (χ2n) is 4.39. The summed E-state index contributed by atoms with van der Waals surface area (Å²) < 4.78 is 8.06. The Bertz CT molecular complexity index is 139. The first-order valence-corrected chi connectivity index (χ1v) is 5.40. The molecule has 0 radical (unpaired) electrons. The lowest BCUT2D eigenvalue weighted by Crippen LogP contribution is -2.31. The van der Waals surface area contributed by atoms with Gasteiger partial charge in [-0.1, -0.05) is 27.2 Å². The molecule has 0 heterocycles. The second kappa shape index (κ2) is 6.50. The molecule has 1 rings (SSSR count). The molecule has 13 heavy (non-hydrogen) atoms. The average Bonchev–Trinajstić information content (AvgIpc) is 2.07. The van der Waals surface area contributed by atoms with Crippen molar-refractivity contribution in [3.63, 3.8) is 0 Å². The van der Waals surface area contributed by atoms with Gasteiger partial charge in [0, 0.05) is 0 Å². The van der Waals surface area contributed by atoms with Gasteiger partial charge in [-0.3, -0.25) is 4.57 Å². The number of rotatable bonds is 1. The van der Waals surface area contributed by atoms with E-state index in [2.05, 4.69) is 20.8 Å². The number of hydrogen-bond donors (Lipinski definition) is 1. The predicted molar refractivity (Wildman–Crippen MR) is 56.4 cm³/mol. The summed E-state index contributed by atoms with van der Waals surface area (Å²) in [5.74, 6) is 1.95. The van der Waals surface area contributed by atoms with E-state index in [4.69, 9.17) is 4.57 Å². The first-order valence-electron chi connectivity index (χ1n) is 4.99. The fraction of sp³-hybridized carbons (Fsp3) is 1.00. The Morgan fingerprint density at radius 3 is 2.23 bits per heavy atom. The molecule has 1 fully saturated rings. The zero-order valence-corrected chi connectivity index (χ0v) is 9.79. The highest BCUT2D eigenvalue weighted by Crippen LogP contribution is 2.33. The first kappa shape index (κ1) is 13.1. The zero-order chi connectivity index (χ0) is 10.4. The molecule has 3 atom stereocenters. The molecular weight excluding hydrogens is 183 g/mol. The summed E-state index contributed by atoms with van der Waals surface area (Å²) >= 11 is 0. The molecule has 0 aromatic heterocycles. The summed E-state index contributed by atoms with van der Waals surface area (Å²) in [5.41, 5.74) is 0. The van der Waals surface area contributed by atoms with Crippen LogP contribution in [0.1, 0.15) is 40.0 Å². The molecule has 0 aliphatic heterocycles. The van der Waals surface area contributed by atoms with Gasteiger partial charge in [-0.25, -0.2) is 0 Å². The molecular formula is C10H21O2P. The van der Waals surface area contributed by atoms with Crippen LogP contribution in [0, 0.1) is 17.8 Å². The van der Waals surface area contributed by atoms with Gasteiger partial charge in [-0.2, -0.15) is 0 Å². The van der Waals surface area contributed by atoms with Gasteiger partial charge in [0.15, 0.2) is 0 Å². The Kier molecular flexibility index (Phi) is 6.53. The van der Waals surface area contributed by atoms with Gasteiger partial charge in [0.1, 0.15) is 9.12 Å². The molecule has 1 saturated carbocycles. The molecule has 3 unspecified atom stereocenters. The van der Waals surface area contributed by atoms with E-state index in [1.807, 2.05) is 0 Å². The van der Waals surface area contributed by atoms with Crippen LogP contribution < -0.4 is 0 Å². The fourth-order valence-corrected chi connectivity index (χ4v) is 2.15. The monoisotopic (exact) mass is 204 g/mol. The highest BCUT2D eigenvalue weighted by Gasteiger charge is 2.28. The van der Waals surface area contributed by atoms with Crippen LogP contribution in [0.4, 0.5) is 0 Å². The summed E-state index contributed by atoms with van der Waals surface area (Å²) in [6, 6.07) is 0. The molecule has 0 bridgehead atoms. The molecule has 0 aromatic rings. The minimum atomic E-state index is -0.0289. The predicted octanol–water partition coefficient (Wildman–Crippen LogP) is 2.91. The molecule has 1 aliphatic carbocycles. The van der Waals surface area contributed by atoms with Crippen LogP contribution in [0.25, 0.3) is 0 Å². The summed E-state index contributed by atoms with van der Waals surface area (Å²) in [7, 11) is 1.72. The van der Waals surface area contributed by atoms with Crippen molar-refractivity contribution in [2.75, 3.05) is 0 Å². The molecule has 0 aromatic carbocycles. The second-order valence-corrected chi connectivity index (χ2v) is 4.39. The van der Waals surface area contributed by atoms with Crippen molar-refractivity contribution in [3.8, 4) is 0 Å². The van der Waals surface area contributed by atoms with Crippen LogP contribution in [0.3, 0.4) is 0 Å². The van der Waals surface area contributed by atoms with Gasteiger partial charge in [0.25, 0.3) is 0 Å². The SMILES string of the molecule is CC1CCC(C(C)C)C(O)C1.O=P. The van der Waals surface area contributed by atoms with Crippen molar-refractivity contribution in [2.24, 2.45) is 17.8 Å². The smallest absolute Gasteiger partial charge is 0.138 e. The average molecular weight is 204 g/mol. The van der Waals surface area contributed by atoms with Crippen LogP contribution in [-0.4, -0.2) is 11.2 Å². The maximum Gasteiger partial charge on any atom is 0.138 e. The van der Waals surface area contributed by atoms with E-state index >= 15 is 0 Å². The third-order valence-corrected chi connectivity index (χ3v) is 2.99. The van der Waals surface area contributed by atoms with Crippen LogP contribution >= 0.6 is 9.12 Å². The maximum absolute atomic E-state index is 9.71. The standard InChI is InChI=1S/C10H20O.HOP/c1-7(2)9-5-4-8(3)6-10(9)11;1-2/h7-11H,4-6H2,1-3H3;2H. The van der Waals surface area contributed by atoms with E-state index in [0.717, 1.165) is 12.3 Å². The van der Waals surface area contributed by atoms with Crippen molar-refractivity contribution in [1.29, 1.82) is 0 Å². The Labute approximate surface area is 83.4 Å². The van der Waals surface area contributed by atoms with Gasteiger partial charge in [0.05, 0.1) is 6.10 Å². The van der Waals surface area contributed by atoms with Gasteiger partial charge in [-0.15, -0.1) is 0 Å². The minimum absolute atomic E-state index is 0.0289. The molecule has 1 aliphatic rings. The van der Waals surface area contributed by atoms with Crippen molar-refractivity contribution in [2.45, 2.75) is 46.1 Å². The highest BCUT2D eigenvalue weighted by atomic mass is 31.0. The van der Waals surface area contributed by atoms with Gasteiger partial charge in [0.2, 0.25) is 0 Å². The van der Waals surface area contributed by atoms with Crippen LogP contribution in [0.2, 0.25) is 0 Å². The van der Waals surface area contributed by atoms with Gasteiger partial charge < -0.3 is 5.11 Å². The van der Waals surface area contributed by atoms with Crippen molar-refractivity contribution in [1.82, 2.24) is 0 Å². The van der Waals surface area contributed by atoms with Crippen LogP contribution in [-0.2, 0) is 4.57 Å². The van der Waals surface area contributed by atoms with Gasteiger partial charge >= 0.3 is 0 Å². The molecule has 78 valence electrons. The van der Waals surface area contributed by atoms with E-state index in [1.54, 1.807) is 9.12 Å². The first-order chi connectivity index (χ1) is 6.11. The van der Waals surface area contributed by atoms with Crippen LogP contribution in [0.5, 0.6) is 0 Å². The number of aliphatic hydroxyl groups is 1. The Hall–Kier alpha value is 0.0600. The number of hydrogen-bond acceptors (Lipinski definition) is 2. The third kappa shape index (κ3) is 4.19. The largest absolute Gasteiger partial charge is 0.393 e. The van der Waals surface area contributed by atoms with E-state index in [9.17, 15) is 5.11 Å². The molecule has 0 amide bonds. The number of aliphatic hydroxyl groups excluding tert-OH is 1. The summed E-state index contributed by atoms with van der Waals surface area (Å²) in [6.07, 6.45) is 3.52. The van der Waals surface area contributed by atoms with Crippen LogP contribution in [0.15, 0.2) is 0 Å². The molecule has 1 N–H and O–H groups in total. The van der Waals surface area contributed by atoms with Crippen molar-refractivity contribution < 1.29 is 9.67 Å². The van der Waals surface area contributed by atoms with Crippen molar-refractivity contribution >= 4 is 9.12 Å². The van der Waals surface area contributed by atoms with E-state index in [0.29, 0.717) is 11.8 Å². The quantitative estimate of drug-likeness (QED) is 0.667. The minimum Gasteiger partial charge on any atom is -0.393 e. The van der Waals surface area contributed by atoms with Gasteiger partial charge in [-0.05, 0) is 30.6 Å². The van der Waals surface area contributed by atoms with Crippen molar-refractivity contribution in [3.05, 3.63) is 0 Å². The lowest BCUT2D eigenvalue weighted by Gasteiger charge is -2.33. The Morgan fingerprint density at radius 1 is 1.31 bits per heavy atom. The molecule has 2 nitrogen and oxygen atoms in total. The topological polar surface area (TPSA) is 37.3 Å². The zero-order valence-electron chi connectivity index (χ0n) is 8.79. The molecule has 0 saturated heterocycles. The lowest BCUT2D eigenvalue weighted by molar-refractivity contribution is 0.0266. The summed E-state index contributed by atoms with van der Waals surface area (Å²) in [4.78, 5) is 0. The van der Waals surface area contributed by atoms with E-state index < -0.39 is 0 Å². The lowest BCUT2D eigenvalue weighted by atomic mass is 9.75. The molecule has 0 spiro atoms. The van der Waals surface area contributed by atoms with E-state index in [1.165, 1.54) is 12.8 Å². The highest BCUT2D eigenvalue weighted by molar-refractivity contribution is 7.00. The third-order valence-electron chi connectivity index (χ3n) is 2.99. The normalized spacial score (nSPS) is 33.8. The summed E-state index contributed by atoms with van der Waals surface area (Å²) in [6.45, 7) is 6.66. The maximum atomic E-state index is 9.71. The Morgan fingerprint density at radius 2 is 1.85 bits per heavy atom. The molecule has 3 heteroatoms. The van der Waals surface area contributed by atoms with E-state index in [-0.39, 0.29) is 6.10 Å². The summed E-state index contributed by atoms with van der Waals surface area (Å²) in [5, 5.41) is 9.71. The Balaban J connectivity index is 0.000000671.